The van der Waals surface area contributed by atoms with Crippen LogP contribution < -0.4 is 15.8 Å². The molecule has 2 aromatic rings. The Bertz CT molecular complexity index is 1010. The second-order valence-electron chi connectivity index (χ2n) is 9.94. The SMILES string of the molecule is COc1c(C)ccc2c1CC(C1CCN(CCC(C)NC(=O)c3ccc(Cl)cc3)CC1)OC2CN. The number of likely N-dealkylation sites (tertiary alicyclic amines) is 1. The van der Waals surface area contributed by atoms with Gasteiger partial charge in [-0.15, -0.1) is 0 Å². The number of methoxy groups -OCH3 is 1. The lowest BCUT2D eigenvalue weighted by molar-refractivity contribution is -0.0647. The highest BCUT2D eigenvalue weighted by atomic mass is 35.5. The van der Waals surface area contributed by atoms with Gasteiger partial charge in [0, 0.05) is 41.7 Å². The number of piperidine rings is 1. The molecule has 4 rings (SSSR count). The van der Waals surface area contributed by atoms with Crippen molar-refractivity contribution in [2.75, 3.05) is 33.3 Å². The van der Waals surface area contributed by atoms with Crippen molar-refractivity contribution in [3.8, 4) is 5.75 Å². The molecule has 6 nitrogen and oxygen atoms in total. The summed E-state index contributed by atoms with van der Waals surface area (Å²) >= 11 is 5.92. The third-order valence-corrected chi connectivity index (χ3v) is 7.78. The lowest BCUT2D eigenvalue weighted by Gasteiger charge is -2.41. The van der Waals surface area contributed by atoms with Crippen molar-refractivity contribution in [3.05, 3.63) is 63.7 Å². The maximum Gasteiger partial charge on any atom is 0.251 e. The number of fused-ring (bicyclic) bond motifs is 1. The van der Waals surface area contributed by atoms with Crippen LogP contribution in [0.25, 0.3) is 0 Å². The van der Waals surface area contributed by atoms with Crippen molar-refractivity contribution in [1.29, 1.82) is 0 Å². The number of aryl methyl sites for hydroxylation is 1. The van der Waals surface area contributed by atoms with Crippen LogP contribution in [-0.4, -0.2) is 56.2 Å². The third kappa shape index (κ3) is 6.18. The van der Waals surface area contributed by atoms with Gasteiger partial charge in [0.25, 0.3) is 5.91 Å². The van der Waals surface area contributed by atoms with E-state index in [1.165, 1.54) is 11.1 Å². The van der Waals surface area contributed by atoms with E-state index >= 15 is 0 Å². The normalized spacial score (nSPS) is 21.9. The first kappa shape index (κ1) is 26.0. The second kappa shape index (κ2) is 11.7. The molecular weight excluding hydrogens is 462 g/mol. The Morgan fingerprint density at radius 3 is 2.60 bits per heavy atom. The van der Waals surface area contributed by atoms with E-state index in [9.17, 15) is 4.79 Å². The van der Waals surface area contributed by atoms with E-state index in [0.717, 1.165) is 56.6 Å². The monoisotopic (exact) mass is 499 g/mol. The minimum Gasteiger partial charge on any atom is -0.496 e. The van der Waals surface area contributed by atoms with E-state index in [2.05, 4.69) is 36.2 Å². The molecule has 1 amide bonds. The molecule has 2 aliphatic heterocycles. The summed E-state index contributed by atoms with van der Waals surface area (Å²) in [5.41, 5.74) is 10.3. The Morgan fingerprint density at radius 2 is 1.94 bits per heavy atom. The number of ether oxygens (including phenoxy) is 2. The summed E-state index contributed by atoms with van der Waals surface area (Å²) < 4.78 is 12.3. The Kier molecular flexibility index (Phi) is 8.71. The maximum atomic E-state index is 12.4. The summed E-state index contributed by atoms with van der Waals surface area (Å²) in [6, 6.07) is 11.4. The summed E-state index contributed by atoms with van der Waals surface area (Å²) in [5, 5.41) is 3.73. The largest absolute Gasteiger partial charge is 0.496 e. The van der Waals surface area contributed by atoms with Crippen molar-refractivity contribution < 1.29 is 14.3 Å². The van der Waals surface area contributed by atoms with Gasteiger partial charge >= 0.3 is 0 Å². The second-order valence-corrected chi connectivity index (χ2v) is 10.4. The molecule has 0 aliphatic carbocycles. The van der Waals surface area contributed by atoms with Crippen molar-refractivity contribution in [2.45, 2.75) is 57.8 Å². The molecule has 0 bridgehead atoms. The summed E-state index contributed by atoms with van der Waals surface area (Å²) in [6.07, 6.45) is 4.12. The zero-order chi connectivity index (χ0) is 24.9. The van der Waals surface area contributed by atoms with Gasteiger partial charge in [-0.3, -0.25) is 4.79 Å². The predicted octanol–water partition coefficient (Wildman–Crippen LogP) is 4.52. The van der Waals surface area contributed by atoms with Gasteiger partial charge in [0.15, 0.2) is 0 Å². The van der Waals surface area contributed by atoms with Crippen LogP contribution in [0.1, 0.15) is 59.3 Å². The Morgan fingerprint density at radius 1 is 1.23 bits per heavy atom. The molecule has 0 aromatic heterocycles. The minimum absolute atomic E-state index is 0.0530. The molecule has 1 saturated heterocycles. The first-order valence-corrected chi connectivity index (χ1v) is 13.1. The number of benzene rings is 2. The quantitative estimate of drug-likeness (QED) is 0.558. The molecule has 0 radical (unpaired) electrons. The number of nitrogens with one attached hydrogen (secondary N) is 1. The van der Waals surface area contributed by atoms with Gasteiger partial charge in [-0.25, -0.2) is 0 Å². The van der Waals surface area contributed by atoms with Gasteiger partial charge < -0.3 is 25.4 Å². The topological polar surface area (TPSA) is 76.8 Å². The predicted molar refractivity (Wildman–Crippen MR) is 140 cm³/mol. The molecule has 2 aliphatic rings. The van der Waals surface area contributed by atoms with Crippen LogP contribution in [0, 0.1) is 12.8 Å². The lowest BCUT2D eigenvalue weighted by atomic mass is 9.83. The van der Waals surface area contributed by atoms with E-state index in [4.69, 9.17) is 26.8 Å². The van der Waals surface area contributed by atoms with Gasteiger partial charge in [0.2, 0.25) is 0 Å². The molecule has 3 unspecified atom stereocenters. The fraction of sp³-hybridized carbons (Fsp3) is 0.536. The Labute approximate surface area is 214 Å². The summed E-state index contributed by atoms with van der Waals surface area (Å²) in [6.45, 7) is 7.71. The minimum atomic E-state index is -0.0682. The number of amides is 1. The zero-order valence-electron chi connectivity index (χ0n) is 21.1. The van der Waals surface area contributed by atoms with Gasteiger partial charge in [-0.2, -0.15) is 0 Å². The first-order valence-electron chi connectivity index (χ1n) is 12.7. The van der Waals surface area contributed by atoms with E-state index in [1.807, 2.05) is 0 Å². The standard InChI is InChI=1S/C28H38ClN3O3/c1-18-4-9-23-24(27(18)34-3)16-25(35-26(23)17-30)20-11-14-32(15-12-20)13-10-19(2)31-28(33)21-5-7-22(29)8-6-21/h4-9,19-20,25-26H,10-17,30H2,1-3H3,(H,31,33). The molecule has 0 spiro atoms. The molecular formula is C28H38ClN3O3. The maximum absolute atomic E-state index is 12.4. The molecule has 190 valence electrons. The number of nitrogens with zero attached hydrogens (tertiary/aromatic N) is 1. The molecule has 1 fully saturated rings. The molecule has 0 saturated carbocycles. The molecule has 2 aromatic carbocycles. The van der Waals surface area contributed by atoms with Crippen LogP contribution in [-0.2, 0) is 11.2 Å². The number of nitrogens with two attached hydrogens (primary N) is 1. The highest BCUT2D eigenvalue weighted by Crippen LogP contribution is 2.40. The summed E-state index contributed by atoms with van der Waals surface area (Å²) in [4.78, 5) is 14.9. The number of hydrogen-bond donors (Lipinski definition) is 2. The van der Waals surface area contributed by atoms with E-state index in [1.54, 1.807) is 31.4 Å². The van der Waals surface area contributed by atoms with Crippen molar-refractivity contribution >= 4 is 17.5 Å². The van der Waals surface area contributed by atoms with Crippen LogP contribution in [0.5, 0.6) is 5.75 Å². The molecule has 3 atom stereocenters. The van der Waals surface area contributed by atoms with Gasteiger partial charge in [0.05, 0.1) is 19.3 Å². The zero-order valence-corrected chi connectivity index (χ0v) is 21.8. The lowest BCUT2D eigenvalue weighted by Crippen LogP contribution is -2.43. The number of hydrogen-bond acceptors (Lipinski definition) is 5. The van der Waals surface area contributed by atoms with Crippen molar-refractivity contribution in [1.82, 2.24) is 10.2 Å². The first-order chi connectivity index (χ1) is 16.9. The number of carbonyl (C=O) groups is 1. The number of halogens is 1. The number of carbonyl (C=O) groups excluding carboxylic acids is 1. The molecule has 35 heavy (non-hydrogen) atoms. The highest BCUT2D eigenvalue weighted by molar-refractivity contribution is 6.30. The highest BCUT2D eigenvalue weighted by Gasteiger charge is 2.35. The van der Waals surface area contributed by atoms with E-state index in [-0.39, 0.29) is 24.2 Å². The third-order valence-electron chi connectivity index (χ3n) is 7.52. The Balaban J connectivity index is 1.27. The van der Waals surface area contributed by atoms with Crippen LogP contribution in [0.3, 0.4) is 0 Å². The van der Waals surface area contributed by atoms with Gasteiger partial charge in [-0.05, 0) is 87.5 Å². The van der Waals surface area contributed by atoms with Crippen LogP contribution in [0.15, 0.2) is 36.4 Å². The fourth-order valence-corrected chi connectivity index (χ4v) is 5.58. The van der Waals surface area contributed by atoms with Crippen molar-refractivity contribution in [3.63, 3.8) is 0 Å². The summed E-state index contributed by atoms with van der Waals surface area (Å²) in [5.74, 6) is 1.45. The van der Waals surface area contributed by atoms with E-state index < -0.39 is 0 Å². The number of rotatable bonds is 8. The molecule has 2 heterocycles. The molecule has 3 N–H and O–H groups in total. The fourth-order valence-electron chi connectivity index (χ4n) is 5.46. The van der Waals surface area contributed by atoms with Gasteiger partial charge in [-0.1, -0.05) is 23.7 Å². The Hall–Kier alpha value is -2.12. The van der Waals surface area contributed by atoms with Crippen molar-refractivity contribution in [2.24, 2.45) is 11.7 Å². The van der Waals surface area contributed by atoms with Crippen LogP contribution in [0.4, 0.5) is 0 Å². The molecule has 7 heteroatoms. The average molecular weight is 500 g/mol. The average Bonchev–Trinajstić information content (AvgIpc) is 2.87. The van der Waals surface area contributed by atoms with Crippen LogP contribution >= 0.6 is 11.6 Å². The van der Waals surface area contributed by atoms with Gasteiger partial charge in [0.1, 0.15) is 5.75 Å². The van der Waals surface area contributed by atoms with E-state index in [0.29, 0.717) is 23.0 Å². The summed E-state index contributed by atoms with van der Waals surface area (Å²) in [7, 11) is 1.75. The smallest absolute Gasteiger partial charge is 0.251 e. The van der Waals surface area contributed by atoms with Crippen LogP contribution in [0.2, 0.25) is 5.02 Å².